The molecule has 1 unspecified atom stereocenters. The Labute approximate surface area is 161 Å². The van der Waals surface area contributed by atoms with Gasteiger partial charge in [0.05, 0.1) is 12.2 Å². The third kappa shape index (κ3) is 4.37. The van der Waals surface area contributed by atoms with Crippen LogP contribution in [0.25, 0.3) is 11.1 Å². The Morgan fingerprint density at radius 3 is 2.52 bits per heavy atom. The molecule has 0 aliphatic heterocycles. The van der Waals surface area contributed by atoms with E-state index in [0.29, 0.717) is 21.7 Å². The molecule has 0 aliphatic rings. The first-order chi connectivity index (χ1) is 12.8. The second-order valence-corrected chi connectivity index (χ2v) is 6.27. The summed E-state index contributed by atoms with van der Waals surface area (Å²) in [6, 6.07) is 5.12. The lowest BCUT2D eigenvalue weighted by atomic mass is 9.96. The number of halogens is 1. The minimum absolute atomic E-state index is 0.0770. The van der Waals surface area contributed by atoms with Crippen molar-refractivity contribution in [2.75, 3.05) is 6.61 Å². The summed E-state index contributed by atoms with van der Waals surface area (Å²) in [5.74, 6) is -1.82. The fourth-order valence-electron chi connectivity index (χ4n) is 2.85. The van der Waals surface area contributed by atoms with E-state index in [1.165, 1.54) is 12.3 Å². The van der Waals surface area contributed by atoms with Gasteiger partial charge in [-0.3, -0.25) is 4.79 Å². The van der Waals surface area contributed by atoms with E-state index in [9.17, 15) is 19.5 Å². The molecule has 7 nitrogen and oxygen atoms in total. The maximum atomic E-state index is 12.6. The molecule has 1 aromatic heterocycles. The summed E-state index contributed by atoms with van der Waals surface area (Å²) in [5, 5.41) is 9.79. The van der Waals surface area contributed by atoms with E-state index in [1.54, 1.807) is 32.0 Å². The maximum Gasteiger partial charge on any atom is 0.340 e. The number of carboxylic acids is 1. The summed E-state index contributed by atoms with van der Waals surface area (Å²) in [6.45, 7) is 3.61. The summed E-state index contributed by atoms with van der Waals surface area (Å²) < 4.78 is 6.13. The summed E-state index contributed by atoms with van der Waals surface area (Å²) in [6.07, 6.45) is 1.42. The van der Waals surface area contributed by atoms with E-state index in [4.69, 9.17) is 22.1 Å². The first kappa shape index (κ1) is 20.7. The van der Waals surface area contributed by atoms with Gasteiger partial charge in [0.2, 0.25) is 0 Å². The van der Waals surface area contributed by atoms with Crippen LogP contribution >= 0.6 is 11.6 Å². The van der Waals surface area contributed by atoms with Crippen molar-refractivity contribution >= 4 is 23.5 Å². The number of esters is 1. The van der Waals surface area contributed by atoms with Gasteiger partial charge in [-0.1, -0.05) is 24.6 Å². The fourth-order valence-corrected chi connectivity index (χ4v) is 3.03. The predicted molar refractivity (Wildman–Crippen MR) is 102 cm³/mol. The van der Waals surface area contributed by atoms with Gasteiger partial charge >= 0.3 is 11.9 Å². The number of ether oxygens (including phenoxy) is 1. The zero-order valence-corrected chi connectivity index (χ0v) is 15.8. The fraction of sp³-hybridized carbons (Fsp3) is 0.316. The van der Waals surface area contributed by atoms with Crippen molar-refractivity contribution in [1.29, 1.82) is 0 Å². The van der Waals surface area contributed by atoms with Crippen LogP contribution < -0.4 is 11.3 Å². The molecule has 0 bridgehead atoms. The number of aromatic nitrogens is 1. The number of nitrogens with zero attached hydrogens (tertiary/aromatic N) is 1. The Morgan fingerprint density at radius 2 is 1.96 bits per heavy atom. The first-order valence-electron chi connectivity index (χ1n) is 8.48. The molecule has 1 heterocycles. The van der Waals surface area contributed by atoms with Gasteiger partial charge in [-0.15, -0.1) is 0 Å². The van der Waals surface area contributed by atoms with Crippen LogP contribution in [0.15, 0.2) is 35.3 Å². The number of carbonyl (C=O) groups is 2. The average Bonchev–Trinajstić information content (AvgIpc) is 2.63. The van der Waals surface area contributed by atoms with Crippen LogP contribution in [-0.4, -0.2) is 28.2 Å². The summed E-state index contributed by atoms with van der Waals surface area (Å²) in [5.41, 5.74) is 6.83. The van der Waals surface area contributed by atoms with Crippen LogP contribution in [-0.2, 0) is 16.1 Å². The van der Waals surface area contributed by atoms with Crippen LogP contribution in [0.1, 0.15) is 42.2 Å². The van der Waals surface area contributed by atoms with E-state index in [0.717, 1.165) is 4.57 Å². The molecule has 2 rings (SSSR count). The molecule has 0 amide bonds. The lowest BCUT2D eigenvalue weighted by Gasteiger charge is -2.18. The number of rotatable bonds is 7. The minimum atomic E-state index is -1.16. The third-order valence-electron chi connectivity index (χ3n) is 4.17. The van der Waals surface area contributed by atoms with E-state index in [1.807, 2.05) is 0 Å². The van der Waals surface area contributed by atoms with Gasteiger partial charge in [-0.25, -0.2) is 9.59 Å². The quantitative estimate of drug-likeness (QED) is 0.701. The summed E-state index contributed by atoms with van der Waals surface area (Å²) >= 11 is 6.08. The topological polar surface area (TPSA) is 112 Å². The van der Waals surface area contributed by atoms with Gasteiger partial charge in [0.1, 0.15) is 6.04 Å². The molecular weight excluding hydrogens is 372 g/mol. The van der Waals surface area contributed by atoms with Crippen LogP contribution in [0.5, 0.6) is 0 Å². The van der Waals surface area contributed by atoms with Gasteiger partial charge < -0.3 is 20.1 Å². The van der Waals surface area contributed by atoms with Crippen molar-refractivity contribution < 1.29 is 19.4 Å². The van der Waals surface area contributed by atoms with Gasteiger partial charge in [-0.05, 0) is 36.6 Å². The number of hydrogen-bond donors (Lipinski definition) is 2. The van der Waals surface area contributed by atoms with E-state index in [2.05, 4.69) is 0 Å². The minimum Gasteiger partial charge on any atom is -0.480 e. The molecule has 1 atom stereocenters. The Kier molecular flexibility index (Phi) is 6.76. The zero-order chi connectivity index (χ0) is 20.1. The number of aliphatic carboxylic acids is 1. The Morgan fingerprint density at radius 1 is 1.26 bits per heavy atom. The van der Waals surface area contributed by atoms with Crippen molar-refractivity contribution in [2.24, 2.45) is 5.73 Å². The van der Waals surface area contributed by atoms with Gasteiger partial charge in [-0.2, -0.15) is 0 Å². The molecule has 0 spiro atoms. The lowest BCUT2D eigenvalue weighted by Crippen LogP contribution is -2.30. The highest BCUT2D eigenvalue weighted by atomic mass is 35.5. The first-order valence-corrected chi connectivity index (χ1v) is 8.86. The maximum absolute atomic E-state index is 12.6. The second kappa shape index (κ2) is 8.83. The molecular formula is C19H21ClN2O5. The molecule has 0 fully saturated rings. The second-order valence-electron chi connectivity index (χ2n) is 5.83. The SMILES string of the molecule is CCOC(=O)c1cn(C(CC)C(=O)O)c(=O)cc1-c1cc(Cl)ccc1CN. The Balaban J connectivity index is 2.80. The molecule has 0 saturated carbocycles. The third-order valence-corrected chi connectivity index (χ3v) is 4.40. The van der Waals surface area contributed by atoms with E-state index >= 15 is 0 Å². The number of hydrogen-bond acceptors (Lipinski definition) is 5. The molecule has 1 aromatic carbocycles. The molecule has 144 valence electrons. The van der Waals surface area contributed by atoms with Crippen molar-refractivity contribution in [1.82, 2.24) is 4.57 Å². The number of carboxylic acid groups (broad SMARTS) is 1. The Hall–Kier alpha value is -2.64. The number of pyridine rings is 1. The van der Waals surface area contributed by atoms with E-state index in [-0.39, 0.29) is 25.1 Å². The largest absolute Gasteiger partial charge is 0.480 e. The number of nitrogens with two attached hydrogens (primary N) is 1. The normalized spacial score (nSPS) is 11.9. The number of benzene rings is 1. The highest BCUT2D eigenvalue weighted by Crippen LogP contribution is 2.30. The van der Waals surface area contributed by atoms with Crippen molar-refractivity contribution in [3.63, 3.8) is 0 Å². The van der Waals surface area contributed by atoms with Crippen molar-refractivity contribution in [3.8, 4) is 11.1 Å². The van der Waals surface area contributed by atoms with Crippen LogP contribution in [0, 0.1) is 0 Å². The molecule has 0 saturated heterocycles. The summed E-state index contributed by atoms with van der Waals surface area (Å²) in [4.78, 5) is 36.6. The number of carbonyl (C=O) groups excluding carboxylic acids is 1. The monoisotopic (exact) mass is 392 g/mol. The molecule has 0 radical (unpaired) electrons. The van der Waals surface area contributed by atoms with Crippen molar-refractivity contribution in [2.45, 2.75) is 32.9 Å². The highest BCUT2D eigenvalue weighted by molar-refractivity contribution is 6.31. The zero-order valence-electron chi connectivity index (χ0n) is 15.1. The van der Waals surface area contributed by atoms with Gasteiger partial charge in [0.15, 0.2) is 0 Å². The molecule has 3 N–H and O–H groups in total. The van der Waals surface area contributed by atoms with E-state index < -0.39 is 23.5 Å². The van der Waals surface area contributed by atoms with Crippen LogP contribution in [0.3, 0.4) is 0 Å². The van der Waals surface area contributed by atoms with Crippen molar-refractivity contribution in [3.05, 3.63) is 57.0 Å². The average molecular weight is 393 g/mol. The smallest absolute Gasteiger partial charge is 0.340 e. The summed E-state index contributed by atoms with van der Waals surface area (Å²) in [7, 11) is 0. The standard InChI is InChI=1S/C19H21ClN2O5/c1-3-16(18(24)25)22-10-15(19(26)27-4-2)14(8-17(22)23)13-7-12(20)6-5-11(13)9-21/h5-8,10,16H,3-4,9,21H2,1-2H3,(H,24,25). The van der Waals surface area contributed by atoms with Crippen LogP contribution in [0.2, 0.25) is 5.02 Å². The van der Waals surface area contributed by atoms with Gasteiger partial charge in [0, 0.05) is 29.4 Å². The Bertz CT molecular complexity index is 923. The molecule has 2 aromatic rings. The predicted octanol–water partition coefficient (Wildman–Crippen LogP) is 2.84. The molecule has 8 heteroatoms. The van der Waals surface area contributed by atoms with Gasteiger partial charge in [0.25, 0.3) is 5.56 Å². The van der Waals surface area contributed by atoms with Crippen LogP contribution in [0.4, 0.5) is 0 Å². The highest BCUT2D eigenvalue weighted by Gasteiger charge is 2.24. The molecule has 0 aliphatic carbocycles. The molecule has 27 heavy (non-hydrogen) atoms. The lowest BCUT2D eigenvalue weighted by molar-refractivity contribution is -0.141.